The zero-order valence-electron chi connectivity index (χ0n) is 12.4. The number of rotatable bonds is 3. The molecule has 5 nitrogen and oxygen atoms in total. The Bertz CT molecular complexity index is 954. The molecule has 4 rings (SSSR count). The standard InChI is InChI=1S/C17H13F2N3O2/c18-12-3-1-2-10(16(12)23)9-4-5-15-20-14(8-22(15)7-9)21-17(24)11-6-13(11)19/h1-5,7-8,11,13,23H,6H2,(H,21,24). The molecule has 122 valence electrons. The van der Waals surface area contributed by atoms with Crippen molar-refractivity contribution in [3.63, 3.8) is 0 Å². The van der Waals surface area contributed by atoms with Gasteiger partial charge in [0.15, 0.2) is 17.4 Å². The number of nitrogens with one attached hydrogen (secondary N) is 1. The summed E-state index contributed by atoms with van der Waals surface area (Å²) in [4.78, 5) is 16.0. The Morgan fingerprint density at radius 3 is 2.83 bits per heavy atom. The summed E-state index contributed by atoms with van der Waals surface area (Å²) in [6.45, 7) is 0. The number of carbonyl (C=O) groups excluding carboxylic acids is 1. The van der Waals surface area contributed by atoms with Gasteiger partial charge in [-0.1, -0.05) is 12.1 Å². The molecule has 2 heterocycles. The summed E-state index contributed by atoms with van der Waals surface area (Å²) in [6, 6.07) is 7.68. The number of aromatic hydroxyl groups is 1. The zero-order chi connectivity index (χ0) is 16.8. The number of nitrogens with zero attached hydrogens (tertiary/aromatic N) is 2. The number of carbonyl (C=O) groups is 1. The van der Waals surface area contributed by atoms with Gasteiger partial charge in [-0.3, -0.25) is 4.79 Å². The summed E-state index contributed by atoms with van der Waals surface area (Å²) >= 11 is 0. The fraction of sp³-hybridized carbons (Fsp3) is 0.176. The highest BCUT2D eigenvalue weighted by atomic mass is 19.1. The molecule has 2 atom stereocenters. The average molecular weight is 329 g/mol. The maximum absolute atomic E-state index is 13.5. The van der Waals surface area contributed by atoms with Crippen LogP contribution in [0.5, 0.6) is 5.75 Å². The molecule has 2 aromatic heterocycles. The summed E-state index contributed by atoms with van der Waals surface area (Å²) in [6.07, 6.45) is 2.44. The van der Waals surface area contributed by atoms with Gasteiger partial charge in [0.25, 0.3) is 0 Å². The van der Waals surface area contributed by atoms with Crippen LogP contribution >= 0.6 is 0 Å². The Hall–Kier alpha value is -2.96. The molecule has 7 heteroatoms. The molecule has 2 unspecified atom stereocenters. The number of fused-ring (bicyclic) bond motifs is 1. The number of hydrogen-bond donors (Lipinski definition) is 2. The summed E-state index contributed by atoms with van der Waals surface area (Å²) in [7, 11) is 0. The van der Waals surface area contributed by atoms with E-state index in [9.17, 15) is 18.7 Å². The second-order valence-electron chi connectivity index (χ2n) is 5.79. The number of phenolic OH excluding ortho intramolecular Hbond substituents is 1. The van der Waals surface area contributed by atoms with Gasteiger partial charge in [0, 0.05) is 17.3 Å². The minimum absolute atomic E-state index is 0.252. The van der Waals surface area contributed by atoms with E-state index in [1.807, 2.05) is 0 Å². The smallest absolute Gasteiger partial charge is 0.231 e. The number of phenols is 1. The first-order valence-corrected chi connectivity index (χ1v) is 7.44. The van der Waals surface area contributed by atoms with E-state index in [1.54, 1.807) is 35.0 Å². The normalized spacial score (nSPS) is 19.4. The molecule has 0 bridgehead atoms. The number of hydrogen-bond acceptors (Lipinski definition) is 3. The van der Waals surface area contributed by atoms with E-state index in [0.29, 0.717) is 22.6 Å². The van der Waals surface area contributed by atoms with Gasteiger partial charge in [-0.2, -0.15) is 0 Å². The maximum atomic E-state index is 13.5. The zero-order valence-corrected chi connectivity index (χ0v) is 12.4. The van der Waals surface area contributed by atoms with Crippen LogP contribution < -0.4 is 5.32 Å². The summed E-state index contributed by atoms with van der Waals surface area (Å²) in [5.41, 5.74) is 1.52. The van der Waals surface area contributed by atoms with Gasteiger partial charge in [-0.25, -0.2) is 13.8 Å². The summed E-state index contributed by atoms with van der Waals surface area (Å²) < 4.78 is 28.0. The van der Waals surface area contributed by atoms with Crippen LogP contribution in [-0.4, -0.2) is 26.6 Å². The van der Waals surface area contributed by atoms with Crippen molar-refractivity contribution in [1.82, 2.24) is 9.38 Å². The lowest BCUT2D eigenvalue weighted by atomic mass is 10.1. The number of pyridine rings is 1. The van der Waals surface area contributed by atoms with E-state index in [-0.39, 0.29) is 12.3 Å². The monoisotopic (exact) mass is 329 g/mol. The van der Waals surface area contributed by atoms with Gasteiger partial charge < -0.3 is 14.8 Å². The van der Waals surface area contributed by atoms with Crippen molar-refractivity contribution in [3.05, 3.63) is 48.5 Å². The highest BCUT2D eigenvalue weighted by Crippen LogP contribution is 2.35. The molecule has 24 heavy (non-hydrogen) atoms. The lowest BCUT2D eigenvalue weighted by Gasteiger charge is -2.05. The van der Waals surface area contributed by atoms with Gasteiger partial charge in [-0.15, -0.1) is 0 Å². The van der Waals surface area contributed by atoms with Crippen molar-refractivity contribution in [1.29, 1.82) is 0 Å². The lowest BCUT2D eigenvalue weighted by molar-refractivity contribution is -0.117. The molecule has 0 aliphatic heterocycles. The molecule has 1 aromatic carbocycles. The van der Waals surface area contributed by atoms with Crippen LogP contribution in [0.15, 0.2) is 42.7 Å². The maximum Gasteiger partial charge on any atom is 0.231 e. The van der Waals surface area contributed by atoms with Gasteiger partial charge >= 0.3 is 0 Å². The SMILES string of the molecule is O=C(Nc1cn2cc(-c3cccc(F)c3O)ccc2n1)C1CC1F. The van der Waals surface area contributed by atoms with Crippen molar-refractivity contribution >= 4 is 17.4 Å². The van der Waals surface area contributed by atoms with Gasteiger partial charge in [-0.05, 0) is 24.6 Å². The van der Waals surface area contributed by atoms with Crippen molar-refractivity contribution in [3.8, 4) is 16.9 Å². The molecule has 0 radical (unpaired) electrons. The third-order valence-electron chi connectivity index (χ3n) is 4.05. The van der Waals surface area contributed by atoms with Crippen LogP contribution in [-0.2, 0) is 4.79 Å². The summed E-state index contributed by atoms with van der Waals surface area (Å²) in [5, 5.41) is 12.4. The highest BCUT2D eigenvalue weighted by molar-refractivity contribution is 5.94. The van der Waals surface area contributed by atoms with Crippen LogP contribution in [0.3, 0.4) is 0 Å². The minimum atomic E-state index is -1.07. The molecule has 1 aliphatic rings. The molecular formula is C17H13F2N3O2. The number of alkyl halides is 1. The lowest BCUT2D eigenvalue weighted by Crippen LogP contribution is -2.15. The number of imidazole rings is 1. The van der Waals surface area contributed by atoms with Crippen LogP contribution in [0.2, 0.25) is 0 Å². The molecule has 2 N–H and O–H groups in total. The molecule has 0 spiro atoms. The van der Waals surface area contributed by atoms with Crippen LogP contribution in [0.1, 0.15) is 6.42 Å². The predicted molar refractivity (Wildman–Crippen MR) is 83.9 cm³/mol. The number of para-hydroxylation sites is 1. The largest absolute Gasteiger partial charge is 0.504 e. The molecule has 3 aromatic rings. The second kappa shape index (κ2) is 5.30. The molecular weight excluding hydrogens is 316 g/mol. The number of aromatic nitrogens is 2. The van der Waals surface area contributed by atoms with E-state index in [2.05, 4.69) is 10.3 Å². The first-order chi connectivity index (χ1) is 11.5. The Balaban J connectivity index is 1.66. The Kier molecular flexibility index (Phi) is 3.23. The van der Waals surface area contributed by atoms with Crippen molar-refractivity contribution in [2.45, 2.75) is 12.6 Å². The predicted octanol–water partition coefficient (Wildman–Crippen LogP) is 3.14. The topological polar surface area (TPSA) is 66.6 Å². The fourth-order valence-corrected chi connectivity index (χ4v) is 2.61. The van der Waals surface area contributed by atoms with E-state index in [4.69, 9.17) is 0 Å². The van der Waals surface area contributed by atoms with Crippen LogP contribution in [0.25, 0.3) is 16.8 Å². The molecule has 1 saturated carbocycles. The Morgan fingerprint density at radius 2 is 2.08 bits per heavy atom. The third kappa shape index (κ3) is 2.47. The average Bonchev–Trinajstić information content (AvgIpc) is 3.15. The van der Waals surface area contributed by atoms with Gasteiger partial charge in [0.05, 0.1) is 12.1 Å². The number of benzene rings is 1. The number of halogens is 2. The molecule has 1 amide bonds. The second-order valence-corrected chi connectivity index (χ2v) is 5.79. The highest BCUT2D eigenvalue weighted by Gasteiger charge is 2.43. The quantitative estimate of drug-likeness (QED) is 0.776. The minimum Gasteiger partial charge on any atom is -0.504 e. The van der Waals surface area contributed by atoms with E-state index in [0.717, 1.165) is 0 Å². The van der Waals surface area contributed by atoms with Gasteiger partial charge in [0.2, 0.25) is 5.91 Å². The van der Waals surface area contributed by atoms with E-state index >= 15 is 0 Å². The van der Waals surface area contributed by atoms with Crippen LogP contribution in [0, 0.1) is 11.7 Å². The fourth-order valence-electron chi connectivity index (χ4n) is 2.61. The molecule has 1 fully saturated rings. The van der Waals surface area contributed by atoms with Crippen molar-refractivity contribution in [2.24, 2.45) is 5.92 Å². The Labute approximate surface area is 135 Å². The summed E-state index contributed by atoms with van der Waals surface area (Å²) in [5.74, 6) is -1.77. The first kappa shape index (κ1) is 14.6. The third-order valence-corrected chi connectivity index (χ3v) is 4.05. The number of amides is 1. The van der Waals surface area contributed by atoms with Gasteiger partial charge in [0.1, 0.15) is 11.8 Å². The number of anilines is 1. The molecule has 0 saturated heterocycles. The van der Waals surface area contributed by atoms with E-state index in [1.165, 1.54) is 12.1 Å². The van der Waals surface area contributed by atoms with Crippen molar-refractivity contribution in [2.75, 3.05) is 5.32 Å². The first-order valence-electron chi connectivity index (χ1n) is 7.44. The molecule has 1 aliphatic carbocycles. The van der Waals surface area contributed by atoms with Crippen molar-refractivity contribution < 1.29 is 18.7 Å². The van der Waals surface area contributed by atoms with E-state index < -0.39 is 23.7 Å². The Morgan fingerprint density at radius 1 is 1.29 bits per heavy atom. The van der Waals surface area contributed by atoms with Crippen LogP contribution in [0.4, 0.5) is 14.6 Å².